The number of fused-ring (bicyclic) bond motifs is 9. The molecule has 3 aliphatic rings. The fourth-order valence-corrected chi connectivity index (χ4v) is 5.69. The van der Waals surface area contributed by atoms with Crippen molar-refractivity contribution in [2.45, 2.75) is 70.9 Å². The van der Waals surface area contributed by atoms with Gasteiger partial charge < -0.3 is 23.5 Å². The van der Waals surface area contributed by atoms with Crippen LogP contribution in [-0.2, 0) is 9.31 Å². The van der Waals surface area contributed by atoms with Gasteiger partial charge in [-0.15, -0.1) is 0 Å². The van der Waals surface area contributed by atoms with Crippen molar-refractivity contribution in [2.24, 2.45) is 0 Å². The molecule has 36 heavy (non-hydrogen) atoms. The van der Waals surface area contributed by atoms with E-state index in [1.807, 2.05) is 52.8 Å². The van der Waals surface area contributed by atoms with E-state index in [2.05, 4.69) is 4.57 Å². The monoisotopic (exact) mass is 495 g/mol. The van der Waals surface area contributed by atoms with Gasteiger partial charge in [0.15, 0.2) is 0 Å². The number of rotatable bonds is 4. The lowest BCUT2D eigenvalue weighted by molar-refractivity contribution is -0.0507. The molecule has 3 aromatic rings. The Labute approximate surface area is 208 Å². The summed E-state index contributed by atoms with van der Waals surface area (Å²) in [6.45, 7) is 7.41. The standard InChI is InChI=1S/C26H28BF2N3O4/c1-6-31-19-13-18(21-15(23(31)33)8-7-9-20(21)34-24(28)29)32-17-12-14(10-11-16(17)30-22(19)32)27-35-25(2,3)26(4,5)36-27/h7-12,18-19,24H,6,13H2,1-5H3/t18-,19-/m1/s1. The van der Waals surface area contributed by atoms with Crippen molar-refractivity contribution in [3.05, 3.63) is 53.3 Å². The first-order valence-electron chi connectivity index (χ1n) is 12.3. The minimum absolute atomic E-state index is 0.0226. The average molecular weight is 495 g/mol. The maximum atomic E-state index is 13.5. The molecule has 1 aromatic heterocycles. The van der Waals surface area contributed by atoms with Gasteiger partial charge in [0, 0.05) is 24.1 Å². The SMILES string of the molecule is CCN1C(=O)c2cccc(OC(F)F)c2[C@H]2C[C@@H]1c1nc3ccc(B4OC(C)(C)C(C)(C)O4)cc3n12. The molecule has 188 valence electrons. The normalized spacial score (nSPS) is 23.8. The molecular formula is C26H28BF2N3O4. The molecule has 0 N–H and O–H groups in total. The van der Waals surface area contributed by atoms with Crippen LogP contribution in [-0.4, -0.2) is 51.8 Å². The summed E-state index contributed by atoms with van der Waals surface area (Å²) in [4.78, 5) is 20.1. The quantitative estimate of drug-likeness (QED) is 0.501. The summed E-state index contributed by atoms with van der Waals surface area (Å²) in [5.41, 5.74) is 2.35. The summed E-state index contributed by atoms with van der Waals surface area (Å²) < 4.78 is 46.2. The molecule has 10 heteroatoms. The van der Waals surface area contributed by atoms with Gasteiger partial charge in [0.2, 0.25) is 0 Å². The Hall–Kier alpha value is -2.98. The Morgan fingerprint density at radius 2 is 1.86 bits per heavy atom. The predicted molar refractivity (Wildman–Crippen MR) is 131 cm³/mol. The number of carbonyl (C=O) groups excluding carboxylic acids is 1. The zero-order valence-electron chi connectivity index (χ0n) is 20.9. The number of halogens is 2. The summed E-state index contributed by atoms with van der Waals surface area (Å²) in [6.07, 6.45) is 0.537. The molecule has 1 amide bonds. The zero-order valence-corrected chi connectivity index (χ0v) is 20.9. The number of nitrogens with zero attached hydrogens (tertiary/aromatic N) is 3. The lowest BCUT2D eigenvalue weighted by Gasteiger charge is -2.32. The molecule has 0 unspecified atom stereocenters. The van der Waals surface area contributed by atoms with Gasteiger partial charge in [-0.1, -0.05) is 12.1 Å². The first-order valence-corrected chi connectivity index (χ1v) is 12.3. The molecule has 1 saturated heterocycles. The largest absolute Gasteiger partial charge is 0.494 e. The number of hydrogen-bond donors (Lipinski definition) is 0. The molecule has 2 bridgehead atoms. The molecule has 7 nitrogen and oxygen atoms in total. The Balaban J connectivity index is 1.53. The van der Waals surface area contributed by atoms with Crippen molar-refractivity contribution in [2.75, 3.05) is 6.54 Å². The maximum Gasteiger partial charge on any atom is 0.494 e. The topological polar surface area (TPSA) is 65.8 Å². The number of imidazole rings is 1. The van der Waals surface area contributed by atoms with Crippen LogP contribution in [0.5, 0.6) is 5.75 Å². The molecule has 2 atom stereocenters. The van der Waals surface area contributed by atoms with Gasteiger partial charge in [-0.25, -0.2) is 4.98 Å². The second-order valence-corrected chi connectivity index (χ2v) is 10.6. The first-order chi connectivity index (χ1) is 17.0. The lowest BCUT2D eigenvalue weighted by Crippen LogP contribution is -2.41. The third kappa shape index (κ3) is 3.23. The summed E-state index contributed by atoms with van der Waals surface area (Å²) in [7, 11) is -0.548. The highest BCUT2D eigenvalue weighted by molar-refractivity contribution is 6.62. The summed E-state index contributed by atoms with van der Waals surface area (Å²) in [6, 6.07) is 9.99. The summed E-state index contributed by atoms with van der Waals surface area (Å²) >= 11 is 0. The molecule has 6 rings (SSSR count). The van der Waals surface area contributed by atoms with E-state index in [0.29, 0.717) is 24.1 Å². The number of ether oxygens (including phenoxy) is 1. The molecule has 1 fully saturated rings. The van der Waals surface area contributed by atoms with Gasteiger partial charge in [-0.05, 0) is 64.3 Å². The summed E-state index contributed by atoms with van der Waals surface area (Å²) in [5.74, 6) is 0.569. The number of amides is 1. The van der Waals surface area contributed by atoms with Crippen molar-refractivity contribution in [1.29, 1.82) is 0 Å². The third-order valence-corrected chi connectivity index (χ3v) is 8.15. The van der Waals surface area contributed by atoms with E-state index < -0.39 is 24.9 Å². The lowest BCUT2D eigenvalue weighted by atomic mass is 9.79. The van der Waals surface area contributed by atoms with Crippen molar-refractivity contribution < 1.29 is 27.6 Å². The number of carbonyl (C=O) groups is 1. The van der Waals surface area contributed by atoms with Gasteiger partial charge in [0.1, 0.15) is 11.6 Å². The smallest absolute Gasteiger partial charge is 0.434 e. The molecule has 0 radical (unpaired) electrons. The van der Waals surface area contributed by atoms with Crippen LogP contribution in [0, 0.1) is 0 Å². The van der Waals surface area contributed by atoms with Crippen LogP contribution in [0.4, 0.5) is 8.78 Å². The Kier molecular flexibility index (Phi) is 5.05. The molecule has 0 saturated carbocycles. The van der Waals surface area contributed by atoms with Crippen LogP contribution in [0.2, 0.25) is 0 Å². The molecule has 2 aromatic carbocycles. The van der Waals surface area contributed by atoms with Crippen LogP contribution < -0.4 is 10.2 Å². The summed E-state index contributed by atoms with van der Waals surface area (Å²) in [5, 5.41) is 0. The molecule has 0 aliphatic carbocycles. The van der Waals surface area contributed by atoms with E-state index in [1.54, 1.807) is 17.0 Å². The van der Waals surface area contributed by atoms with Gasteiger partial charge in [-0.3, -0.25) is 4.79 Å². The zero-order chi connectivity index (χ0) is 25.6. The van der Waals surface area contributed by atoms with Crippen LogP contribution in [0.25, 0.3) is 11.0 Å². The molecular weight excluding hydrogens is 467 g/mol. The molecule has 3 aliphatic heterocycles. The molecule has 4 heterocycles. The first kappa shape index (κ1) is 23.4. The minimum Gasteiger partial charge on any atom is -0.434 e. The number of hydrogen-bond acceptors (Lipinski definition) is 5. The Morgan fingerprint density at radius 1 is 1.14 bits per heavy atom. The van der Waals surface area contributed by atoms with E-state index in [0.717, 1.165) is 22.3 Å². The Bertz CT molecular complexity index is 1370. The van der Waals surface area contributed by atoms with Crippen molar-refractivity contribution in [1.82, 2.24) is 14.5 Å². The van der Waals surface area contributed by atoms with Crippen molar-refractivity contribution in [3.63, 3.8) is 0 Å². The van der Waals surface area contributed by atoms with Crippen LogP contribution in [0.3, 0.4) is 0 Å². The van der Waals surface area contributed by atoms with Crippen LogP contribution in [0.15, 0.2) is 36.4 Å². The maximum absolute atomic E-state index is 13.5. The highest BCUT2D eigenvalue weighted by atomic mass is 19.3. The fraction of sp³-hybridized carbons (Fsp3) is 0.462. The van der Waals surface area contributed by atoms with Crippen molar-refractivity contribution >= 4 is 29.5 Å². The van der Waals surface area contributed by atoms with Gasteiger partial charge >= 0.3 is 13.7 Å². The fourth-order valence-electron chi connectivity index (χ4n) is 5.69. The van der Waals surface area contributed by atoms with Crippen LogP contribution in [0.1, 0.15) is 74.9 Å². The highest BCUT2D eigenvalue weighted by Gasteiger charge is 2.52. The second kappa shape index (κ2) is 7.76. The highest BCUT2D eigenvalue weighted by Crippen LogP contribution is 2.50. The number of aromatic nitrogens is 2. The average Bonchev–Trinajstić information content (AvgIpc) is 3.38. The van der Waals surface area contributed by atoms with E-state index in [1.165, 1.54) is 6.07 Å². The predicted octanol–water partition coefficient (Wildman–Crippen LogP) is 4.45. The van der Waals surface area contributed by atoms with Gasteiger partial charge in [-0.2, -0.15) is 8.78 Å². The van der Waals surface area contributed by atoms with Gasteiger partial charge in [0.25, 0.3) is 5.91 Å². The van der Waals surface area contributed by atoms with E-state index in [9.17, 15) is 13.6 Å². The number of alkyl halides is 2. The van der Waals surface area contributed by atoms with Gasteiger partial charge in [0.05, 0.1) is 34.3 Å². The van der Waals surface area contributed by atoms with Crippen LogP contribution >= 0.6 is 0 Å². The van der Waals surface area contributed by atoms with E-state index >= 15 is 0 Å². The molecule has 0 spiro atoms. The van der Waals surface area contributed by atoms with Crippen molar-refractivity contribution in [3.8, 4) is 5.75 Å². The third-order valence-electron chi connectivity index (χ3n) is 8.15. The Morgan fingerprint density at radius 3 is 2.53 bits per heavy atom. The van der Waals surface area contributed by atoms with E-state index in [-0.39, 0.29) is 23.7 Å². The minimum atomic E-state index is -3.00. The number of benzene rings is 2. The second-order valence-electron chi connectivity index (χ2n) is 10.6. The van der Waals surface area contributed by atoms with E-state index in [4.69, 9.17) is 19.0 Å².